The third-order valence-electron chi connectivity index (χ3n) is 2.89. The van der Waals surface area contributed by atoms with Crippen LogP contribution in [-0.2, 0) is 11.2 Å². The number of aliphatic carboxylic acids is 1. The van der Waals surface area contributed by atoms with Gasteiger partial charge < -0.3 is 20.7 Å². The SMILES string of the molecule is NC(Cc1cc(Br)c(Oc2ccc(O)cc2)c(Br)c1)C(=O)O. The Morgan fingerprint density at radius 2 is 1.73 bits per heavy atom. The summed E-state index contributed by atoms with van der Waals surface area (Å²) in [5.41, 5.74) is 6.31. The van der Waals surface area contributed by atoms with Crippen molar-refractivity contribution in [2.75, 3.05) is 0 Å². The molecule has 22 heavy (non-hydrogen) atoms. The summed E-state index contributed by atoms with van der Waals surface area (Å²) in [6.45, 7) is 0. The molecule has 1 unspecified atom stereocenters. The van der Waals surface area contributed by atoms with Crippen LogP contribution in [-0.4, -0.2) is 22.2 Å². The molecule has 7 heteroatoms. The van der Waals surface area contributed by atoms with E-state index in [1.807, 2.05) is 0 Å². The lowest BCUT2D eigenvalue weighted by Gasteiger charge is -2.13. The number of aromatic hydroxyl groups is 1. The Labute approximate surface area is 144 Å². The summed E-state index contributed by atoms with van der Waals surface area (Å²) in [6.07, 6.45) is 0.214. The maximum atomic E-state index is 10.8. The van der Waals surface area contributed by atoms with Crippen molar-refractivity contribution in [1.82, 2.24) is 0 Å². The fraction of sp³-hybridized carbons (Fsp3) is 0.133. The molecule has 2 aromatic carbocycles. The van der Waals surface area contributed by atoms with Gasteiger partial charge in [0.1, 0.15) is 17.5 Å². The van der Waals surface area contributed by atoms with Gasteiger partial charge in [0.25, 0.3) is 0 Å². The molecule has 0 heterocycles. The lowest BCUT2D eigenvalue weighted by atomic mass is 10.1. The zero-order valence-corrected chi connectivity index (χ0v) is 14.5. The number of nitrogens with two attached hydrogens (primary N) is 1. The summed E-state index contributed by atoms with van der Waals surface area (Å²) in [6, 6.07) is 8.91. The number of halogens is 2. The number of benzene rings is 2. The number of carboxylic acid groups (broad SMARTS) is 1. The van der Waals surface area contributed by atoms with Crippen molar-refractivity contribution < 1.29 is 19.7 Å². The molecule has 0 aliphatic carbocycles. The number of carboxylic acids is 1. The minimum Gasteiger partial charge on any atom is -0.508 e. The standard InChI is InChI=1S/C15H13Br2NO4/c16-11-5-8(7-13(18)15(20)21)6-12(17)14(11)22-10-3-1-9(19)2-4-10/h1-6,13,19H,7,18H2,(H,20,21). The van der Waals surface area contributed by atoms with Crippen LogP contribution in [0.15, 0.2) is 45.3 Å². The molecule has 2 aromatic rings. The summed E-state index contributed by atoms with van der Waals surface area (Å²) in [5, 5.41) is 18.1. The van der Waals surface area contributed by atoms with E-state index in [0.717, 1.165) is 5.56 Å². The second kappa shape index (κ2) is 7.13. The Hall–Kier alpha value is -1.57. The zero-order chi connectivity index (χ0) is 16.3. The van der Waals surface area contributed by atoms with Crippen LogP contribution < -0.4 is 10.5 Å². The Morgan fingerprint density at radius 3 is 2.23 bits per heavy atom. The van der Waals surface area contributed by atoms with Gasteiger partial charge in [-0.3, -0.25) is 4.79 Å². The smallest absolute Gasteiger partial charge is 0.320 e. The largest absolute Gasteiger partial charge is 0.508 e. The van der Waals surface area contributed by atoms with Gasteiger partial charge >= 0.3 is 5.97 Å². The molecule has 0 aromatic heterocycles. The van der Waals surface area contributed by atoms with Crippen LogP contribution in [0, 0.1) is 0 Å². The Kier molecular flexibility index (Phi) is 5.44. The molecular formula is C15H13Br2NO4. The fourth-order valence-electron chi connectivity index (χ4n) is 1.80. The van der Waals surface area contributed by atoms with Crippen LogP contribution in [0.1, 0.15) is 5.56 Å². The normalized spacial score (nSPS) is 12.0. The van der Waals surface area contributed by atoms with Gasteiger partial charge in [-0.15, -0.1) is 0 Å². The second-order valence-corrected chi connectivity index (χ2v) is 6.34. The number of carbonyl (C=O) groups is 1. The molecule has 0 saturated carbocycles. The minimum atomic E-state index is -1.04. The van der Waals surface area contributed by atoms with Crippen LogP contribution in [0.4, 0.5) is 0 Å². The molecule has 0 aliphatic rings. The van der Waals surface area contributed by atoms with E-state index < -0.39 is 12.0 Å². The maximum Gasteiger partial charge on any atom is 0.320 e. The Morgan fingerprint density at radius 1 is 1.18 bits per heavy atom. The molecule has 0 fully saturated rings. The molecule has 0 spiro atoms. The fourth-order valence-corrected chi connectivity index (χ4v) is 3.24. The minimum absolute atomic E-state index is 0.156. The van der Waals surface area contributed by atoms with Crippen LogP contribution in [0.2, 0.25) is 0 Å². The predicted molar refractivity (Wildman–Crippen MR) is 89.3 cm³/mol. The molecular weight excluding hydrogens is 418 g/mol. The third-order valence-corrected chi connectivity index (χ3v) is 4.07. The van der Waals surface area contributed by atoms with Gasteiger partial charge in [0, 0.05) is 0 Å². The predicted octanol–water partition coefficient (Wildman–Crippen LogP) is 3.66. The first-order valence-electron chi connectivity index (χ1n) is 6.30. The first-order valence-corrected chi connectivity index (χ1v) is 7.88. The van der Waals surface area contributed by atoms with E-state index in [1.54, 1.807) is 24.3 Å². The Balaban J connectivity index is 2.23. The van der Waals surface area contributed by atoms with Gasteiger partial charge in [0.2, 0.25) is 0 Å². The average Bonchev–Trinajstić information content (AvgIpc) is 2.44. The molecule has 0 amide bonds. The number of rotatable bonds is 5. The van der Waals surface area contributed by atoms with E-state index in [4.69, 9.17) is 15.6 Å². The summed E-state index contributed by atoms with van der Waals surface area (Å²) in [4.78, 5) is 10.8. The number of hydrogen-bond acceptors (Lipinski definition) is 4. The van der Waals surface area contributed by atoms with Gasteiger partial charge in [-0.25, -0.2) is 0 Å². The highest BCUT2D eigenvalue weighted by molar-refractivity contribution is 9.11. The quantitative estimate of drug-likeness (QED) is 0.672. The van der Waals surface area contributed by atoms with Gasteiger partial charge in [0.05, 0.1) is 8.95 Å². The molecule has 5 nitrogen and oxygen atoms in total. The van der Waals surface area contributed by atoms with E-state index in [-0.39, 0.29) is 12.2 Å². The monoisotopic (exact) mass is 429 g/mol. The highest BCUT2D eigenvalue weighted by atomic mass is 79.9. The summed E-state index contributed by atoms with van der Waals surface area (Å²) < 4.78 is 7.09. The van der Waals surface area contributed by atoms with Crippen LogP contribution in [0.3, 0.4) is 0 Å². The first-order chi connectivity index (χ1) is 10.4. The van der Waals surface area contributed by atoms with Gasteiger partial charge in [0.15, 0.2) is 5.75 Å². The number of phenolic OH excluding ortho intramolecular Hbond substituents is 1. The molecule has 0 radical (unpaired) electrons. The van der Waals surface area contributed by atoms with Gasteiger partial charge in [-0.05, 0) is 80.2 Å². The molecule has 116 valence electrons. The van der Waals surface area contributed by atoms with E-state index >= 15 is 0 Å². The highest BCUT2D eigenvalue weighted by Crippen LogP contribution is 2.38. The van der Waals surface area contributed by atoms with Gasteiger partial charge in [-0.1, -0.05) is 0 Å². The molecule has 1 atom stereocenters. The lowest BCUT2D eigenvalue weighted by molar-refractivity contribution is -0.138. The first kappa shape index (κ1) is 16.8. The summed E-state index contributed by atoms with van der Waals surface area (Å²) in [5.74, 6) is 0.229. The van der Waals surface area contributed by atoms with Crippen molar-refractivity contribution >= 4 is 37.8 Å². The van der Waals surface area contributed by atoms with Crippen LogP contribution >= 0.6 is 31.9 Å². The van der Waals surface area contributed by atoms with Crippen molar-refractivity contribution in [3.8, 4) is 17.2 Å². The number of phenols is 1. The molecule has 0 bridgehead atoms. The maximum absolute atomic E-state index is 10.8. The van der Waals surface area contributed by atoms with Crippen molar-refractivity contribution in [2.45, 2.75) is 12.5 Å². The molecule has 0 saturated heterocycles. The second-order valence-electron chi connectivity index (χ2n) is 4.63. The summed E-state index contributed by atoms with van der Waals surface area (Å²) in [7, 11) is 0. The topological polar surface area (TPSA) is 92.8 Å². The number of ether oxygens (including phenoxy) is 1. The van der Waals surface area contributed by atoms with Crippen molar-refractivity contribution in [1.29, 1.82) is 0 Å². The summed E-state index contributed by atoms with van der Waals surface area (Å²) >= 11 is 6.81. The van der Waals surface area contributed by atoms with Crippen molar-refractivity contribution in [3.63, 3.8) is 0 Å². The zero-order valence-electron chi connectivity index (χ0n) is 11.3. The molecule has 4 N–H and O–H groups in total. The van der Waals surface area contributed by atoms with E-state index in [2.05, 4.69) is 31.9 Å². The average molecular weight is 431 g/mol. The van der Waals surface area contributed by atoms with E-state index in [1.165, 1.54) is 12.1 Å². The highest BCUT2D eigenvalue weighted by Gasteiger charge is 2.15. The third kappa shape index (κ3) is 4.22. The van der Waals surface area contributed by atoms with E-state index in [0.29, 0.717) is 20.4 Å². The van der Waals surface area contributed by atoms with Gasteiger partial charge in [-0.2, -0.15) is 0 Å². The van der Waals surface area contributed by atoms with E-state index in [9.17, 15) is 9.90 Å². The molecule has 2 rings (SSSR count). The number of hydrogen-bond donors (Lipinski definition) is 3. The molecule has 0 aliphatic heterocycles. The van der Waals surface area contributed by atoms with Crippen molar-refractivity contribution in [3.05, 3.63) is 50.9 Å². The lowest BCUT2D eigenvalue weighted by Crippen LogP contribution is -2.32. The Bertz CT molecular complexity index is 665. The van der Waals surface area contributed by atoms with Crippen LogP contribution in [0.5, 0.6) is 17.2 Å². The van der Waals surface area contributed by atoms with Crippen LogP contribution in [0.25, 0.3) is 0 Å². The van der Waals surface area contributed by atoms with Crippen molar-refractivity contribution in [2.24, 2.45) is 5.73 Å².